The number of carboxylic acid groups (broad SMARTS) is 1. The number of carboxylic acids is 1. The lowest BCUT2D eigenvalue weighted by Gasteiger charge is -2.28. The number of para-hydroxylation sites is 1. The number of rotatable bonds is 5. The van der Waals surface area contributed by atoms with E-state index in [1.165, 1.54) is 16.9 Å². The topological polar surface area (TPSA) is 127 Å². The van der Waals surface area contributed by atoms with E-state index in [0.29, 0.717) is 5.56 Å². The number of nitrogens with one attached hydrogen (secondary N) is 1. The standard InChI is InChI=1S/C14H14BFN4O5/c16-5-9-6-20(19-18-9)7-12(21)17-11-4-8-2-1-3-10(14(22)23)13(8)25-15(11)24/h1-3,6,11,24H,4-5,7H2,(H,17,21)(H,22,23)/t11-/m0/s1. The van der Waals surface area contributed by atoms with E-state index in [1.807, 2.05) is 0 Å². The molecule has 0 radical (unpaired) electrons. The number of carbonyl (C=O) groups excluding carboxylic acids is 1. The average molecular weight is 348 g/mol. The lowest BCUT2D eigenvalue weighted by molar-refractivity contribution is -0.122. The number of aromatic nitrogens is 3. The molecule has 3 N–H and O–H groups in total. The molecule has 25 heavy (non-hydrogen) atoms. The highest BCUT2D eigenvalue weighted by atomic mass is 19.1. The van der Waals surface area contributed by atoms with Gasteiger partial charge in [0, 0.05) is 0 Å². The van der Waals surface area contributed by atoms with Gasteiger partial charge >= 0.3 is 13.1 Å². The Hall–Kier alpha value is -2.95. The predicted molar refractivity (Wildman–Crippen MR) is 82.5 cm³/mol. The van der Waals surface area contributed by atoms with Crippen LogP contribution >= 0.6 is 0 Å². The molecule has 1 aliphatic heterocycles. The summed E-state index contributed by atoms with van der Waals surface area (Å²) < 4.78 is 18.9. The molecule has 0 saturated heterocycles. The number of amides is 1. The van der Waals surface area contributed by atoms with Gasteiger partial charge in [0.1, 0.15) is 24.7 Å². The van der Waals surface area contributed by atoms with Gasteiger partial charge in [0.15, 0.2) is 0 Å². The number of hydrogen-bond acceptors (Lipinski definition) is 6. The number of hydrogen-bond donors (Lipinski definition) is 3. The summed E-state index contributed by atoms with van der Waals surface area (Å²) in [7, 11) is -1.39. The van der Waals surface area contributed by atoms with Crippen LogP contribution in [0, 0.1) is 0 Å². The second kappa shape index (κ2) is 6.89. The highest BCUT2D eigenvalue weighted by Crippen LogP contribution is 2.30. The number of benzene rings is 1. The van der Waals surface area contributed by atoms with Crippen molar-refractivity contribution in [3.05, 3.63) is 41.2 Å². The molecule has 0 spiro atoms. The fourth-order valence-electron chi connectivity index (χ4n) is 2.59. The molecule has 1 aromatic heterocycles. The van der Waals surface area contributed by atoms with Crippen molar-refractivity contribution in [2.75, 3.05) is 0 Å². The van der Waals surface area contributed by atoms with Crippen LogP contribution in [0.5, 0.6) is 5.75 Å². The van der Waals surface area contributed by atoms with Crippen molar-refractivity contribution in [3.63, 3.8) is 0 Å². The Morgan fingerprint density at radius 3 is 2.96 bits per heavy atom. The summed E-state index contributed by atoms with van der Waals surface area (Å²) in [5.74, 6) is -2.30. The summed E-state index contributed by atoms with van der Waals surface area (Å²) in [5, 5.41) is 29.0. The van der Waals surface area contributed by atoms with Gasteiger partial charge < -0.3 is 20.1 Å². The van der Waals surface area contributed by atoms with E-state index in [9.17, 15) is 19.0 Å². The molecule has 11 heteroatoms. The van der Waals surface area contributed by atoms with Crippen LogP contribution < -0.4 is 9.97 Å². The van der Waals surface area contributed by atoms with Crippen molar-refractivity contribution >= 4 is 19.0 Å². The van der Waals surface area contributed by atoms with Gasteiger partial charge in [0.2, 0.25) is 5.91 Å². The summed E-state index contributed by atoms with van der Waals surface area (Å²) in [5.41, 5.74) is 0.627. The molecule has 3 rings (SSSR count). The minimum absolute atomic E-state index is 0.0531. The van der Waals surface area contributed by atoms with Crippen molar-refractivity contribution < 1.29 is 28.8 Å². The summed E-state index contributed by atoms with van der Waals surface area (Å²) in [6.45, 7) is -0.974. The van der Waals surface area contributed by atoms with E-state index < -0.39 is 31.6 Å². The third-order valence-corrected chi connectivity index (χ3v) is 3.72. The zero-order valence-electron chi connectivity index (χ0n) is 12.9. The minimum Gasteiger partial charge on any atom is -0.534 e. The Balaban J connectivity index is 1.68. The summed E-state index contributed by atoms with van der Waals surface area (Å²) in [6, 6.07) is 4.61. The van der Waals surface area contributed by atoms with Crippen LogP contribution in [0.3, 0.4) is 0 Å². The maximum Gasteiger partial charge on any atom is 0.547 e. The first kappa shape index (κ1) is 16.9. The van der Waals surface area contributed by atoms with Crippen LogP contribution in [-0.4, -0.2) is 50.1 Å². The second-order valence-corrected chi connectivity index (χ2v) is 5.53. The number of carbonyl (C=O) groups is 2. The number of halogens is 1. The molecule has 0 saturated carbocycles. The van der Waals surface area contributed by atoms with Crippen LogP contribution in [0.2, 0.25) is 0 Å². The molecule has 1 atom stereocenters. The van der Waals surface area contributed by atoms with Gasteiger partial charge in [-0.05, 0) is 18.1 Å². The van der Waals surface area contributed by atoms with Gasteiger partial charge in [0.05, 0.1) is 17.7 Å². The van der Waals surface area contributed by atoms with E-state index in [0.717, 1.165) is 0 Å². The van der Waals surface area contributed by atoms with Gasteiger partial charge in [-0.3, -0.25) is 4.79 Å². The highest BCUT2D eigenvalue weighted by molar-refractivity contribution is 6.47. The first-order valence-electron chi connectivity index (χ1n) is 7.42. The smallest absolute Gasteiger partial charge is 0.534 e. The van der Waals surface area contributed by atoms with E-state index in [-0.39, 0.29) is 30.0 Å². The first-order valence-corrected chi connectivity index (χ1v) is 7.42. The average Bonchev–Trinajstić information content (AvgIpc) is 3.02. The number of alkyl halides is 1. The predicted octanol–water partition coefficient (Wildman–Crippen LogP) is -0.415. The van der Waals surface area contributed by atoms with Crippen molar-refractivity contribution in [2.45, 2.75) is 25.6 Å². The molecular weight excluding hydrogens is 334 g/mol. The third kappa shape index (κ3) is 3.60. The molecule has 1 amide bonds. The van der Waals surface area contributed by atoms with Gasteiger partial charge in [0.25, 0.3) is 0 Å². The Bertz CT molecular complexity index is 814. The fraction of sp³-hybridized carbons (Fsp3) is 0.286. The molecule has 0 bridgehead atoms. The van der Waals surface area contributed by atoms with Crippen LogP contribution in [0.25, 0.3) is 0 Å². The fourth-order valence-corrected chi connectivity index (χ4v) is 2.59. The van der Waals surface area contributed by atoms with Crippen LogP contribution in [0.4, 0.5) is 4.39 Å². The molecule has 2 heterocycles. The maximum absolute atomic E-state index is 12.4. The van der Waals surface area contributed by atoms with E-state index in [4.69, 9.17) is 9.76 Å². The molecular formula is C14H14BFN4O5. The second-order valence-electron chi connectivity index (χ2n) is 5.53. The molecule has 0 aliphatic carbocycles. The lowest BCUT2D eigenvalue weighted by atomic mass is 9.72. The zero-order chi connectivity index (χ0) is 18.0. The third-order valence-electron chi connectivity index (χ3n) is 3.72. The maximum atomic E-state index is 12.4. The van der Waals surface area contributed by atoms with E-state index in [1.54, 1.807) is 12.1 Å². The Labute approximate surface area is 141 Å². The van der Waals surface area contributed by atoms with Crippen LogP contribution in [0.15, 0.2) is 24.4 Å². The molecule has 9 nitrogen and oxygen atoms in total. The highest BCUT2D eigenvalue weighted by Gasteiger charge is 2.37. The summed E-state index contributed by atoms with van der Waals surface area (Å²) >= 11 is 0. The normalized spacial score (nSPS) is 16.1. The monoisotopic (exact) mass is 348 g/mol. The van der Waals surface area contributed by atoms with Crippen molar-refractivity contribution in [1.82, 2.24) is 20.3 Å². The van der Waals surface area contributed by atoms with E-state index in [2.05, 4.69) is 15.6 Å². The number of nitrogens with zero attached hydrogens (tertiary/aromatic N) is 3. The molecule has 0 unspecified atom stereocenters. The Morgan fingerprint density at radius 2 is 2.28 bits per heavy atom. The molecule has 130 valence electrons. The number of fused-ring (bicyclic) bond motifs is 1. The SMILES string of the molecule is O=C(Cn1cc(CF)nn1)N[C@H]1Cc2cccc(C(=O)O)c2OB1O. The molecule has 2 aromatic rings. The van der Waals surface area contributed by atoms with Gasteiger partial charge in [-0.25, -0.2) is 13.9 Å². The van der Waals surface area contributed by atoms with Crippen molar-refractivity contribution in [2.24, 2.45) is 0 Å². The van der Waals surface area contributed by atoms with Gasteiger partial charge in [-0.15, -0.1) is 5.10 Å². The lowest BCUT2D eigenvalue weighted by Crippen LogP contribution is -2.53. The minimum atomic E-state index is -1.39. The molecule has 0 fully saturated rings. The summed E-state index contributed by atoms with van der Waals surface area (Å²) in [4.78, 5) is 23.3. The largest absolute Gasteiger partial charge is 0.547 e. The van der Waals surface area contributed by atoms with Gasteiger partial charge in [-0.2, -0.15) is 0 Å². The Morgan fingerprint density at radius 1 is 1.48 bits per heavy atom. The van der Waals surface area contributed by atoms with Crippen LogP contribution in [0.1, 0.15) is 21.6 Å². The van der Waals surface area contributed by atoms with Crippen molar-refractivity contribution in [3.8, 4) is 5.75 Å². The zero-order valence-corrected chi connectivity index (χ0v) is 12.9. The summed E-state index contributed by atoms with van der Waals surface area (Å²) in [6.07, 6.45) is 1.51. The Kier molecular flexibility index (Phi) is 4.66. The van der Waals surface area contributed by atoms with E-state index >= 15 is 0 Å². The quantitative estimate of drug-likeness (QED) is 0.627. The van der Waals surface area contributed by atoms with Crippen molar-refractivity contribution in [1.29, 1.82) is 0 Å². The molecule has 1 aliphatic rings. The first-order chi connectivity index (χ1) is 12.0. The molecule has 1 aromatic carbocycles. The number of aromatic carboxylic acids is 1. The van der Waals surface area contributed by atoms with Gasteiger partial charge in [-0.1, -0.05) is 17.3 Å². The van der Waals surface area contributed by atoms with Crippen LogP contribution in [-0.2, 0) is 24.4 Å².